The molecule has 80 valence electrons. The summed E-state index contributed by atoms with van der Waals surface area (Å²) in [5.41, 5.74) is 7.18. The first-order chi connectivity index (χ1) is 6.47. The molecule has 1 fully saturated rings. The second-order valence-electron chi connectivity index (χ2n) is 5.42. The van der Waals surface area contributed by atoms with Crippen molar-refractivity contribution in [3.8, 4) is 0 Å². The molecule has 0 aromatic carbocycles. The Morgan fingerprint density at radius 3 is 2.36 bits per heavy atom. The molecule has 2 heteroatoms. The van der Waals surface area contributed by atoms with E-state index in [4.69, 9.17) is 0 Å². The van der Waals surface area contributed by atoms with E-state index >= 15 is 0 Å². The van der Waals surface area contributed by atoms with Crippen LogP contribution >= 0.6 is 0 Å². The molecule has 0 bridgehead atoms. The molecular formula is C12H23NSi. The fraction of sp³-hybridized carbons (Fsp3) is 0.750. The minimum absolute atomic E-state index is 1.05. The van der Waals surface area contributed by atoms with Crippen molar-refractivity contribution in [2.45, 2.75) is 39.4 Å². The summed E-state index contributed by atoms with van der Waals surface area (Å²) in [5.74, 6) is 0. The summed E-state index contributed by atoms with van der Waals surface area (Å²) < 4.78 is 0. The highest BCUT2D eigenvalue weighted by molar-refractivity contribution is 6.80. The Morgan fingerprint density at radius 2 is 1.86 bits per heavy atom. The molecule has 0 spiro atoms. The first-order valence-electron chi connectivity index (χ1n) is 5.63. The van der Waals surface area contributed by atoms with Crippen LogP contribution in [0.15, 0.2) is 17.0 Å². The lowest BCUT2D eigenvalue weighted by Crippen LogP contribution is -2.21. The van der Waals surface area contributed by atoms with E-state index in [1.54, 1.807) is 0 Å². The molecule has 0 unspecified atom stereocenters. The van der Waals surface area contributed by atoms with Crippen LogP contribution in [0.5, 0.6) is 0 Å². The van der Waals surface area contributed by atoms with Crippen LogP contribution in [0, 0.1) is 0 Å². The zero-order valence-electron chi connectivity index (χ0n) is 10.1. The third kappa shape index (κ3) is 4.80. The number of nitrogens with zero attached hydrogens (tertiary/aromatic N) is 1. The maximum Gasteiger partial charge on any atom is 0.0781 e. The Bertz CT molecular complexity index is 238. The molecule has 1 aliphatic heterocycles. The van der Waals surface area contributed by atoms with E-state index in [1.807, 2.05) is 0 Å². The Hall–Kier alpha value is -0.303. The van der Waals surface area contributed by atoms with Crippen LogP contribution in [0.1, 0.15) is 19.8 Å². The molecule has 0 aromatic heterocycles. The van der Waals surface area contributed by atoms with Crippen LogP contribution in [-0.2, 0) is 0 Å². The molecule has 0 aromatic rings. The van der Waals surface area contributed by atoms with E-state index in [2.05, 4.69) is 42.9 Å². The van der Waals surface area contributed by atoms with Crippen LogP contribution in [0.3, 0.4) is 0 Å². The first kappa shape index (κ1) is 11.8. The van der Waals surface area contributed by atoms with Gasteiger partial charge in [0.05, 0.1) is 8.07 Å². The highest BCUT2D eigenvalue weighted by Gasteiger charge is 2.11. The fourth-order valence-electron chi connectivity index (χ4n) is 1.66. The van der Waals surface area contributed by atoms with E-state index in [0.717, 1.165) is 6.54 Å². The van der Waals surface area contributed by atoms with Crippen molar-refractivity contribution < 1.29 is 0 Å². The van der Waals surface area contributed by atoms with Crippen LogP contribution in [0.2, 0.25) is 19.6 Å². The van der Waals surface area contributed by atoms with Gasteiger partial charge in [-0.1, -0.05) is 25.3 Å². The molecule has 0 atom stereocenters. The molecule has 0 amide bonds. The van der Waals surface area contributed by atoms with Gasteiger partial charge in [0.25, 0.3) is 0 Å². The van der Waals surface area contributed by atoms with Crippen LogP contribution in [0.4, 0.5) is 0 Å². The van der Waals surface area contributed by atoms with Gasteiger partial charge in [0.15, 0.2) is 0 Å². The van der Waals surface area contributed by atoms with E-state index in [9.17, 15) is 0 Å². The number of hydrogen-bond acceptors (Lipinski definition) is 1. The van der Waals surface area contributed by atoms with Crippen molar-refractivity contribution in [2.75, 3.05) is 19.6 Å². The fourth-order valence-corrected chi connectivity index (χ4v) is 2.34. The van der Waals surface area contributed by atoms with E-state index in [1.165, 1.54) is 31.5 Å². The quantitative estimate of drug-likeness (QED) is 0.510. The molecule has 1 aliphatic rings. The minimum Gasteiger partial charge on any atom is -0.299 e. The van der Waals surface area contributed by atoms with Crippen LogP contribution in [-0.4, -0.2) is 32.6 Å². The molecule has 0 saturated carbocycles. The van der Waals surface area contributed by atoms with E-state index in [0.29, 0.717) is 0 Å². The lowest BCUT2D eigenvalue weighted by atomic mass is 10.3. The highest BCUT2D eigenvalue weighted by Crippen LogP contribution is 2.09. The summed E-state index contributed by atoms with van der Waals surface area (Å²) >= 11 is 0. The molecule has 14 heavy (non-hydrogen) atoms. The summed E-state index contributed by atoms with van der Waals surface area (Å²) in [6.45, 7) is 12.9. The lowest BCUT2D eigenvalue weighted by Gasteiger charge is -2.13. The maximum absolute atomic E-state index is 3.46. The van der Waals surface area contributed by atoms with E-state index < -0.39 is 8.07 Å². The van der Waals surface area contributed by atoms with Gasteiger partial charge in [0.2, 0.25) is 0 Å². The van der Waals surface area contributed by atoms with Gasteiger partial charge < -0.3 is 0 Å². The zero-order valence-corrected chi connectivity index (χ0v) is 11.1. The largest absolute Gasteiger partial charge is 0.299 e. The second kappa shape index (κ2) is 4.97. The summed E-state index contributed by atoms with van der Waals surface area (Å²) in [6, 6.07) is 0. The molecular weight excluding hydrogens is 186 g/mol. The van der Waals surface area contributed by atoms with Crippen molar-refractivity contribution in [3.05, 3.63) is 17.0 Å². The normalized spacial score (nSPS) is 18.0. The van der Waals surface area contributed by atoms with Gasteiger partial charge in [-0.05, 0) is 38.4 Å². The summed E-state index contributed by atoms with van der Waals surface area (Å²) in [4.78, 5) is 2.53. The Kier molecular flexibility index (Phi) is 4.18. The van der Waals surface area contributed by atoms with Crippen molar-refractivity contribution in [1.82, 2.24) is 4.90 Å². The average molecular weight is 209 g/mol. The smallest absolute Gasteiger partial charge is 0.0781 e. The van der Waals surface area contributed by atoms with Gasteiger partial charge in [0.1, 0.15) is 0 Å². The predicted octanol–water partition coefficient (Wildman–Crippen LogP) is 3.06. The first-order valence-corrected chi connectivity index (χ1v) is 9.21. The Balaban J connectivity index is 2.47. The summed E-state index contributed by atoms with van der Waals surface area (Å²) in [7, 11) is -1.05. The molecule has 1 heterocycles. The van der Waals surface area contributed by atoms with Crippen LogP contribution < -0.4 is 0 Å². The van der Waals surface area contributed by atoms with E-state index in [-0.39, 0.29) is 0 Å². The number of rotatable bonds is 3. The third-order valence-electron chi connectivity index (χ3n) is 2.41. The van der Waals surface area contributed by atoms with Crippen LogP contribution in [0.25, 0.3) is 0 Å². The molecule has 0 N–H and O–H groups in total. The standard InChI is InChI=1S/C12H23NSi/c1-12(7-10-14(2,3)4)11-13-8-5-6-9-13/h10H,5-6,8-9,11H2,1-4H3. The predicted molar refractivity (Wildman–Crippen MR) is 66.3 cm³/mol. The van der Waals surface area contributed by atoms with Gasteiger partial charge in [-0.3, -0.25) is 4.90 Å². The van der Waals surface area contributed by atoms with Crippen molar-refractivity contribution >= 4 is 8.07 Å². The molecule has 1 rings (SSSR count). The Morgan fingerprint density at radius 1 is 1.29 bits per heavy atom. The van der Waals surface area contributed by atoms with Gasteiger partial charge in [-0.15, -0.1) is 5.73 Å². The Labute approximate surface area is 89.5 Å². The van der Waals surface area contributed by atoms with Crippen molar-refractivity contribution in [1.29, 1.82) is 0 Å². The topological polar surface area (TPSA) is 3.24 Å². The van der Waals surface area contributed by atoms with Crippen molar-refractivity contribution in [3.63, 3.8) is 0 Å². The number of hydrogen-bond donors (Lipinski definition) is 0. The molecule has 0 aliphatic carbocycles. The van der Waals surface area contributed by atoms with Crippen molar-refractivity contribution in [2.24, 2.45) is 0 Å². The molecule has 0 radical (unpaired) electrons. The zero-order chi connectivity index (χ0) is 10.6. The summed E-state index contributed by atoms with van der Waals surface area (Å²) in [5, 5.41) is 0. The minimum atomic E-state index is -1.05. The van der Waals surface area contributed by atoms with Gasteiger partial charge >= 0.3 is 0 Å². The SMILES string of the molecule is CC(=C=C[Si](C)(C)C)CN1CCCC1. The number of likely N-dealkylation sites (tertiary alicyclic amines) is 1. The molecule has 1 saturated heterocycles. The van der Waals surface area contributed by atoms with Gasteiger partial charge in [-0.25, -0.2) is 0 Å². The molecule has 1 nitrogen and oxygen atoms in total. The van der Waals surface area contributed by atoms with Gasteiger partial charge in [0, 0.05) is 6.54 Å². The summed E-state index contributed by atoms with van der Waals surface area (Å²) in [6.07, 6.45) is 2.76. The average Bonchev–Trinajstić information content (AvgIpc) is 2.52. The second-order valence-corrected chi connectivity index (χ2v) is 10.4. The maximum atomic E-state index is 3.46. The highest BCUT2D eigenvalue weighted by atomic mass is 28.3. The lowest BCUT2D eigenvalue weighted by molar-refractivity contribution is 0.369. The third-order valence-corrected chi connectivity index (χ3v) is 3.42. The monoisotopic (exact) mass is 209 g/mol. The van der Waals surface area contributed by atoms with Gasteiger partial charge in [-0.2, -0.15) is 0 Å².